The van der Waals surface area contributed by atoms with E-state index in [1.165, 1.54) is 17.8 Å². The van der Waals surface area contributed by atoms with Crippen molar-refractivity contribution in [3.63, 3.8) is 0 Å². The van der Waals surface area contributed by atoms with Crippen LogP contribution in [0.4, 0.5) is 5.13 Å². The molecule has 0 bridgehead atoms. The molecule has 3 heterocycles. The minimum absolute atomic E-state index is 0.0109. The van der Waals surface area contributed by atoms with Crippen molar-refractivity contribution in [2.24, 2.45) is 7.05 Å². The van der Waals surface area contributed by atoms with Gasteiger partial charge in [-0.3, -0.25) is 0 Å². The van der Waals surface area contributed by atoms with Gasteiger partial charge in [0.05, 0.1) is 6.04 Å². The van der Waals surface area contributed by atoms with Crippen LogP contribution in [0.3, 0.4) is 0 Å². The maximum Gasteiger partial charge on any atom is 0.206 e. The van der Waals surface area contributed by atoms with Crippen molar-refractivity contribution in [3.8, 4) is 0 Å². The van der Waals surface area contributed by atoms with Gasteiger partial charge in [-0.2, -0.15) is 0 Å². The molecule has 2 aromatic rings. The van der Waals surface area contributed by atoms with Gasteiger partial charge in [0, 0.05) is 32.0 Å². The second-order valence-corrected chi connectivity index (χ2v) is 6.46. The Labute approximate surface area is 121 Å². The number of ether oxygens (including phenoxy) is 1. The van der Waals surface area contributed by atoms with E-state index in [-0.39, 0.29) is 12.1 Å². The molecule has 2 atom stereocenters. The summed E-state index contributed by atoms with van der Waals surface area (Å²) in [6.45, 7) is 0.753. The number of imidazole rings is 1. The van der Waals surface area contributed by atoms with E-state index in [2.05, 4.69) is 20.5 Å². The monoisotopic (exact) mass is 291 g/mol. The number of nitrogens with zero attached hydrogens (tertiary/aromatic N) is 4. The lowest BCUT2D eigenvalue weighted by Gasteiger charge is -2.18. The van der Waals surface area contributed by atoms with Crippen molar-refractivity contribution in [2.45, 2.75) is 37.3 Å². The second kappa shape index (κ2) is 4.82. The van der Waals surface area contributed by atoms with E-state index in [4.69, 9.17) is 4.74 Å². The van der Waals surface area contributed by atoms with Crippen molar-refractivity contribution in [1.82, 2.24) is 19.7 Å². The van der Waals surface area contributed by atoms with Crippen LogP contribution >= 0.6 is 11.3 Å². The first kappa shape index (κ1) is 12.3. The van der Waals surface area contributed by atoms with E-state index in [9.17, 15) is 0 Å². The Kier molecular flexibility index (Phi) is 2.96. The fraction of sp³-hybridized carbons (Fsp3) is 0.615. The lowest BCUT2D eigenvalue weighted by molar-refractivity contribution is 0.0983. The van der Waals surface area contributed by atoms with E-state index < -0.39 is 0 Å². The standard InChI is InChI=1S/C13H17N5OS/c1-18-6-5-14-11(18)10-9(4-7-19-10)15-13-17-16-12(20-13)8-2-3-8/h5-6,8-10H,2-4,7H2,1H3,(H,15,17)/t9-,10-/m0/s1. The van der Waals surface area contributed by atoms with E-state index >= 15 is 0 Å². The van der Waals surface area contributed by atoms with Gasteiger partial charge in [-0.05, 0) is 19.3 Å². The second-order valence-electron chi connectivity index (χ2n) is 5.45. The first-order valence-electron chi connectivity index (χ1n) is 7.00. The zero-order valence-corrected chi connectivity index (χ0v) is 12.1. The SMILES string of the molecule is Cn1ccnc1[C@H]1OCC[C@@H]1Nc1nnc(C2CC2)s1. The van der Waals surface area contributed by atoms with Gasteiger partial charge in [0.1, 0.15) is 16.9 Å². The van der Waals surface area contributed by atoms with Gasteiger partial charge >= 0.3 is 0 Å². The van der Waals surface area contributed by atoms with Crippen LogP contribution < -0.4 is 5.32 Å². The molecule has 1 saturated heterocycles. The van der Waals surface area contributed by atoms with Crippen molar-refractivity contribution in [1.29, 1.82) is 0 Å². The summed E-state index contributed by atoms with van der Waals surface area (Å²) in [5.74, 6) is 1.63. The minimum atomic E-state index is -0.0109. The molecule has 20 heavy (non-hydrogen) atoms. The molecule has 1 N–H and O–H groups in total. The normalized spacial score (nSPS) is 26.1. The number of rotatable bonds is 4. The third-order valence-corrected chi connectivity index (χ3v) is 4.90. The predicted octanol–water partition coefficient (Wildman–Crippen LogP) is 2.09. The number of hydrogen-bond acceptors (Lipinski definition) is 6. The first-order valence-corrected chi connectivity index (χ1v) is 7.81. The quantitative estimate of drug-likeness (QED) is 0.934. The van der Waals surface area contributed by atoms with Gasteiger partial charge in [-0.1, -0.05) is 11.3 Å². The van der Waals surface area contributed by atoms with Crippen LogP contribution in [0.15, 0.2) is 12.4 Å². The smallest absolute Gasteiger partial charge is 0.206 e. The van der Waals surface area contributed by atoms with E-state index in [0.717, 1.165) is 24.0 Å². The van der Waals surface area contributed by atoms with Crippen molar-refractivity contribution in [3.05, 3.63) is 23.2 Å². The summed E-state index contributed by atoms with van der Waals surface area (Å²) >= 11 is 1.68. The first-order chi connectivity index (χ1) is 9.81. The van der Waals surface area contributed by atoms with Crippen LogP contribution in [0.25, 0.3) is 0 Å². The van der Waals surface area contributed by atoms with E-state index in [1.54, 1.807) is 11.3 Å². The van der Waals surface area contributed by atoms with Gasteiger partial charge in [0.15, 0.2) is 0 Å². The Balaban J connectivity index is 1.50. The molecule has 1 aliphatic carbocycles. The van der Waals surface area contributed by atoms with Gasteiger partial charge in [-0.25, -0.2) is 4.98 Å². The van der Waals surface area contributed by atoms with Gasteiger partial charge in [0.25, 0.3) is 0 Å². The number of nitrogens with one attached hydrogen (secondary N) is 1. The molecule has 0 radical (unpaired) electrons. The van der Waals surface area contributed by atoms with Crippen LogP contribution in [0.5, 0.6) is 0 Å². The molecule has 0 amide bonds. The number of aryl methyl sites for hydroxylation is 1. The van der Waals surface area contributed by atoms with Crippen molar-refractivity contribution in [2.75, 3.05) is 11.9 Å². The fourth-order valence-corrected chi connectivity index (χ4v) is 3.56. The van der Waals surface area contributed by atoms with Crippen LogP contribution in [0.1, 0.15) is 42.1 Å². The molecule has 2 aromatic heterocycles. The van der Waals surface area contributed by atoms with E-state index in [1.807, 2.05) is 24.0 Å². The third kappa shape index (κ3) is 2.20. The average molecular weight is 291 g/mol. The molecule has 2 aliphatic rings. The molecule has 4 rings (SSSR count). The van der Waals surface area contributed by atoms with Crippen LogP contribution in [0, 0.1) is 0 Å². The molecule has 0 unspecified atom stereocenters. The Bertz CT molecular complexity index is 605. The largest absolute Gasteiger partial charge is 0.368 e. The number of anilines is 1. The summed E-state index contributed by atoms with van der Waals surface area (Å²) in [4.78, 5) is 4.40. The molecule has 7 heteroatoms. The van der Waals surface area contributed by atoms with Crippen LogP contribution in [-0.2, 0) is 11.8 Å². The molecular formula is C13H17N5OS. The molecule has 2 fully saturated rings. The van der Waals surface area contributed by atoms with Gasteiger partial charge < -0.3 is 14.6 Å². The Hall–Kier alpha value is -1.47. The highest BCUT2D eigenvalue weighted by molar-refractivity contribution is 7.15. The Morgan fingerprint density at radius 2 is 2.25 bits per heavy atom. The highest BCUT2D eigenvalue weighted by Gasteiger charge is 2.34. The number of hydrogen-bond donors (Lipinski definition) is 1. The zero-order chi connectivity index (χ0) is 13.5. The van der Waals surface area contributed by atoms with Gasteiger partial charge in [-0.15, -0.1) is 10.2 Å². The van der Waals surface area contributed by atoms with Crippen molar-refractivity contribution < 1.29 is 4.74 Å². The summed E-state index contributed by atoms with van der Waals surface area (Å²) in [5.41, 5.74) is 0. The molecule has 0 aromatic carbocycles. The maximum absolute atomic E-state index is 5.84. The minimum Gasteiger partial charge on any atom is -0.368 e. The van der Waals surface area contributed by atoms with E-state index in [0.29, 0.717) is 5.92 Å². The predicted molar refractivity (Wildman–Crippen MR) is 75.8 cm³/mol. The topological polar surface area (TPSA) is 64.9 Å². The average Bonchev–Trinajstić information content (AvgIpc) is 2.85. The maximum atomic E-state index is 5.84. The highest BCUT2D eigenvalue weighted by atomic mass is 32.1. The fourth-order valence-electron chi connectivity index (χ4n) is 2.59. The van der Waals surface area contributed by atoms with Crippen molar-refractivity contribution >= 4 is 16.5 Å². The summed E-state index contributed by atoms with van der Waals surface area (Å²) in [5, 5.41) is 14.1. The zero-order valence-electron chi connectivity index (χ0n) is 11.3. The summed E-state index contributed by atoms with van der Waals surface area (Å²) < 4.78 is 7.85. The summed E-state index contributed by atoms with van der Waals surface area (Å²) in [6.07, 6.45) is 7.24. The molecular weight excluding hydrogens is 274 g/mol. The molecule has 6 nitrogen and oxygen atoms in total. The summed E-state index contributed by atoms with van der Waals surface area (Å²) in [7, 11) is 2.00. The lowest BCUT2D eigenvalue weighted by atomic mass is 10.1. The summed E-state index contributed by atoms with van der Waals surface area (Å²) in [6, 6.07) is 0.219. The highest BCUT2D eigenvalue weighted by Crippen LogP contribution is 2.42. The third-order valence-electron chi connectivity index (χ3n) is 3.88. The molecule has 1 saturated carbocycles. The van der Waals surface area contributed by atoms with Crippen LogP contribution in [-0.4, -0.2) is 32.4 Å². The lowest BCUT2D eigenvalue weighted by Crippen LogP contribution is -2.25. The Morgan fingerprint density at radius 1 is 1.35 bits per heavy atom. The van der Waals surface area contributed by atoms with Gasteiger partial charge in [0.2, 0.25) is 5.13 Å². The van der Waals surface area contributed by atoms with Crippen LogP contribution in [0.2, 0.25) is 0 Å². The Morgan fingerprint density at radius 3 is 3.00 bits per heavy atom. The number of aromatic nitrogens is 4. The molecule has 0 spiro atoms. The molecule has 106 valence electrons. The molecule has 1 aliphatic heterocycles.